The van der Waals surface area contributed by atoms with Crippen LogP contribution in [0.15, 0.2) is 36.0 Å². The van der Waals surface area contributed by atoms with Gasteiger partial charge in [-0.3, -0.25) is 14.4 Å². The van der Waals surface area contributed by atoms with Gasteiger partial charge < -0.3 is 160 Å². The van der Waals surface area contributed by atoms with Gasteiger partial charge in [0.05, 0.1) is 70.5 Å². The quantitative estimate of drug-likeness (QED) is 0.00932. The molecule has 0 aromatic carbocycles. The zero-order valence-electron chi connectivity index (χ0n) is 63.9. The Labute approximate surface area is 650 Å². The molecule has 28 atom stereocenters. The number of aliphatic hydroxyl groups excluding tert-OH is 16. The number of aliphatic carboxylic acids is 1. The van der Waals surface area contributed by atoms with Crippen molar-refractivity contribution in [3.63, 3.8) is 0 Å². The third-order valence-corrected chi connectivity index (χ3v) is 20.7. The summed E-state index contributed by atoms with van der Waals surface area (Å²) in [6, 6.07) is -4.89. The van der Waals surface area contributed by atoms with Crippen LogP contribution in [-0.2, 0) is 76.1 Å². The number of aliphatic hydroxyl groups is 16. The summed E-state index contributed by atoms with van der Waals surface area (Å²) in [4.78, 5) is 68.4. The molecule has 5 heterocycles. The van der Waals surface area contributed by atoms with Crippen molar-refractivity contribution in [2.24, 2.45) is 0 Å². The highest BCUT2D eigenvalue weighted by molar-refractivity contribution is 6.24. The third kappa shape index (κ3) is 27.8. The smallest absolute Gasteiger partial charge is 0.364 e. The summed E-state index contributed by atoms with van der Waals surface area (Å²) in [7, 11) is 0. The predicted molar refractivity (Wildman–Crippen MR) is 386 cm³/mol. The van der Waals surface area contributed by atoms with E-state index < -0.39 is 247 Å². The van der Waals surface area contributed by atoms with E-state index in [1.807, 2.05) is 0 Å². The maximum Gasteiger partial charge on any atom is 0.364 e. The predicted octanol–water partition coefficient (Wildman–Crippen LogP) is -3.30. The Balaban J connectivity index is 1.20. The minimum absolute atomic E-state index is 0.0533. The van der Waals surface area contributed by atoms with E-state index in [9.17, 15) is 111 Å². The van der Waals surface area contributed by atoms with Gasteiger partial charge in [-0.15, -0.1) is 0 Å². The van der Waals surface area contributed by atoms with E-state index in [4.69, 9.17) is 57.6 Å². The van der Waals surface area contributed by atoms with Crippen LogP contribution in [0.25, 0.3) is 5.53 Å². The van der Waals surface area contributed by atoms with Crippen molar-refractivity contribution in [1.82, 2.24) is 16.0 Å². The SMILES string of the molecule is CCCCCCCCCCCCCCC/C=C/[C@@H](O)C(CO[C@@H]1O[C@H](CO)[C@@H](O[C@@H]2O[C@H](CO)[C@H](O[C@@H]3O[C@H](CO)[C@H](O)[C@H](O[C@@H]4O[C@H](CO)[C@H](O)[C@H](O)[C@H]4O)[C@H]3NC(C)=O)[C@H](O[C@]3(C(=O)O)C[C@H](O)[C@@H](NC(C)=O)[C@H]([C@H](O)[C@H](O)CO)O3)[C@H]2O)[C@H](O)[C@H]1O)NC(=O)CCCCCCCCCCOC(=O)C1=CC=CC1=[N+]=[N-]. The Kier molecular flexibility index (Phi) is 42.1. The summed E-state index contributed by atoms with van der Waals surface area (Å²) in [6.45, 7) is -1.84. The molecule has 1 aliphatic carbocycles. The molecule has 38 nitrogen and oxygen atoms in total. The number of amides is 3. The molecule has 3 amide bonds. The zero-order chi connectivity index (χ0) is 82.2. The van der Waals surface area contributed by atoms with Gasteiger partial charge in [0.25, 0.3) is 5.79 Å². The minimum Gasteiger partial charge on any atom is -0.477 e. The van der Waals surface area contributed by atoms with Crippen molar-refractivity contribution in [1.29, 1.82) is 0 Å². The highest BCUT2D eigenvalue weighted by Gasteiger charge is 2.62. The van der Waals surface area contributed by atoms with Crippen molar-refractivity contribution in [2.45, 2.75) is 346 Å². The topological polar surface area (TPSA) is 603 Å². The van der Waals surface area contributed by atoms with E-state index in [0.717, 1.165) is 78.1 Å². The van der Waals surface area contributed by atoms with Crippen molar-refractivity contribution >= 4 is 35.4 Å². The molecule has 6 rings (SSSR count). The molecule has 5 fully saturated rings. The normalized spacial score (nSPS) is 34.0. The first-order valence-electron chi connectivity index (χ1n) is 39.2. The van der Waals surface area contributed by atoms with Crippen LogP contribution in [0.4, 0.5) is 0 Å². The van der Waals surface area contributed by atoms with Gasteiger partial charge >= 0.3 is 17.7 Å². The number of nitrogens with zero attached hydrogens (tertiary/aromatic N) is 2. The Morgan fingerprint density at radius 2 is 1.10 bits per heavy atom. The summed E-state index contributed by atoms with van der Waals surface area (Å²) in [6.07, 6.45) is -21.4. The van der Waals surface area contributed by atoms with Crippen LogP contribution in [0.3, 0.4) is 0 Å². The number of allylic oxidation sites excluding steroid dienone is 4. The Morgan fingerprint density at radius 1 is 0.589 bits per heavy atom. The number of carboxylic acid groups (broad SMARTS) is 1. The zero-order valence-corrected chi connectivity index (χ0v) is 63.9. The second-order valence-electron chi connectivity index (χ2n) is 29.4. The van der Waals surface area contributed by atoms with E-state index in [0.29, 0.717) is 25.7 Å². The van der Waals surface area contributed by atoms with Crippen LogP contribution >= 0.6 is 0 Å². The van der Waals surface area contributed by atoms with Gasteiger partial charge in [0.1, 0.15) is 121 Å². The number of carboxylic acids is 1. The molecule has 38 heteroatoms. The van der Waals surface area contributed by atoms with Gasteiger partial charge in [0, 0.05) is 32.8 Å². The highest BCUT2D eigenvalue weighted by atomic mass is 16.8. The highest BCUT2D eigenvalue weighted by Crippen LogP contribution is 2.41. The van der Waals surface area contributed by atoms with Gasteiger partial charge in [0.15, 0.2) is 25.2 Å². The molecule has 5 aliphatic heterocycles. The lowest BCUT2D eigenvalue weighted by Crippen LogP contribution is -2.72. The molecule has 642 valence electrons. The molecule has 0 spiro atoms. The Hall–Kier alpha value is -5.09. The molecule has 0 aromatic rings. The number of hydrogen-bond acceptors (Lipinski definition) is 32. The van der Waals surface area contributed by atoms with Crippen molar-refractivity contribution < 1.29 is 168 Å². The fourth-order valence-corrected chi connectivity index (χ4v) is 14.4. The molecule has 0 saturated carbocycles. The number of hydrogen-bond donors (Lipinski definition) is 20. The molecule has 0 aromatic heterocycles. The summed E-state index contributed by atoms with van der Waals surface area (Å²) in [5.41, 5.74) is 9.38. The number of rotatable bonds is 50. The minimum atomic E-state index is -3.40. The maximum absolute atomic E-state index is 13.8. The van der Waals surface area contributed by atoms with Crippen LogP contribution in [0.5, 0.6) is 0 Å². The number of ether oxygens (including phenoxy) is 11. The molecular formula is C74H123N5O33. The van der Waals surface area contributed by atoms with Gasteiger partial charge in [-0.05, 0) is 31.8 Å². The maximum atomic E-state index is 13.8. The first-order valence-corrected chi connectivity index (χ1v) is 39.2. The van der Waals surface area contributed by atoms with Crippen LogP contribution in [0.2, 0.25) is 0 Å². The van der Waals surface area contributed by atoms with Crippen molar-refractivity contribution in [2.75, 3.05) is 46.2 Å². The first-order chi connectivity index (χ1) is 53.6. The average molecular weight is 1610 g/mol. The molecular weight excluding hydrogens is 1490 g/mol. The standard InChI is InChI=1S/C74H123N5O33/c1-4-5-6-7-8-9-10-11-12-13-14-15-18-21-24-30-45(87)44(78-52(90)31-25-22-19-16-17-20-23-26-32-102-68(99)42-28-27-29-43(42)79-75)39-103-70-61(97)59(95)63(50(37-83)106-70)108-72-62(98)67(112-74(73(100)101)33-46(88)53(76-40(2)85)66(111-74)55(91)47(89)34-80)64(51(38-84)107-72)109-69-54(77-41(3)86)65(57(93)49(36-82)104-69)110-71-60(96)58(94)56(92)48(35-81)105-71/h24,27-30,44-51,53-67,69-72,80-84,87-89,91-98H,4-23,25-26,31-39H2,1-3H3,(H,76,85)(H,77,86)(H,78,90)(H,100,101)/b30-24+/t44?,45-,46+,47-,48-,49-,50-,51-,53-,54-,55-,56+,57+,58+,59-,60-,61-,62-,63-,64+,65-,66-,67-,69+,70-,71+,72+,74+/m1/s1. The number of unbranched alkanes of at least 4 members (excludes halogenated alkanes) is 20. The van der Waals surface area contributed by atoms with Crippen LogP contribution < -0.4 is 16.0 Å². The molecule has 0 radical (unpaired) electrons. The van der Waals surface area contributed by atoms with Gasteiger partial charge in [-0.1, -0.05) is 141 Å². The van der Waals surface area contributed by atoms with Crippen LogP contribution in [-0.4, -0.2) is 344 Å². The van der Waals surface area contributed by atoms with Gasteiger partial charge in [-0.2, -0.15) is 4.79 Å². The number of esters is 1. The lowest BCUT2D eigenvalue weighted by atomic mass is 9.88. The summed E-state index contributed by atoms with van der Waals surface area (Å²) < 4.78 is 65.3. The van der Waals surface area contributed by atoms with Gasteiger partial charge in [-0.25, -0.2) is 9.59 Å². The average Bonchev–Trinajstić information content (AvgIpc) is 0.794. The Bertz CT molecular complexity index is 2970. The molecule has 5 saturated heterocycles. The summed E-state index contributed by atoms with van der Waals surface area (Å²) >= 11 is 0. The molecule has 112 heavy (non-hydrogen) atoms. The summed E-state index contributed by atoms with van der Waals surface area (Å²) in [5, 5.41) is 197. The van der Waals surface area contributed by atoms with Crippen molar-refractivity contribution in [3.8, 4) is 0 Å². The number of nitrogens with one attached hydrogen (secondary N) is 3. The molecule has 1 unspecified atom stereocenters. The number of carbonyl (C=O) groups is 5. The fourth-order valence-electron chi connectivity index (χ4n) is 14.4. The van der Waals surface area contributed by atoms with E-state index in [1.165, 1.54) is 69.6 Å². The molecule has 20 N–H and O–H groups in total. The van der Waals surface area contributed by atoms with E-state index in [2.05, 4.69) is 27.7 Å². The number of carbonyl (C=O) groups excluding carboxylic acids is 4. The fraction of sp³-hybridized carbons (Fsp3) is 0.838. The second-order valence-corrected chi connectivity index (χ2v) is 29.4. The third-order valence-electron chi connectivity index (χ3n) is 20.7. The lowest BCUT2D eigenvalue weighted by Gasteiger charge is -2.52. The molecule has 6 aliphatic rings. The summed E-state index contributed by atoms with van der Waals surface area (Å²) in [5.74, 6) is -8.41. The van der Waals surface area contributed by atoms with Crippen LogP contribution in [0, 0.1) is 0 Å². The van der Waals surface area contributed by atoms with Crippen molar-refractivity contribution in [3.05, 3.63) is 41.5 Å². The van der Waals surface area contributed by atoms with E-state index >= 15 is 0 Å². The Morgan fingerprint density at radius 3 is 1.68 bits per heavy atom. The largest absolute Gasteiger partial charge is 0.477 e. The van der Waals surface area contributed by atoms with E-state index in [-0.39, 0.29) is 24.3 Å². The monoisotopic (exact) mass is 1610 g/mol. The van der Waals surface area contributed by atoms with E-state index in [1.54, 1.807) is 12.2 Å². The van der Waals surface area contributed by atoms with Crippen LogP contribution in [0.1, 0.15) is 175 Å². The van der Waals surface area contributed by atoms with Gasteiger partial charge in [0.2, 0.25) is 17.7 Å². The molecule has 0 bridgehead atoms. The second kappa shape index (κ2) is 49.2. The lowest BCUT2D eigenvalue weighted by molar-refractivity contribution is -0.403. The first kappa shape index (κ1) is 95.8.